The van der Waals surface area contributed by atoms with E-state index >= 15 is 0 Å². The molecule has 0 aliphatic carbocycles. The smallest absolute Gasteiger partial charge is 0.421 e. The van der Waals surface area contributed by atoms with Crippen LogP contribution in [0.25, 0.3) is 10.9 Å². The van der Waals surface area contributed by atoms with Crippen molar-refractivity contribution in [2.75, 3.05) is 11.4 Å². The van der Waals surface area contributed by atoms with E-state index in [4.69, 9.17) is 9.47 Å². The number of hydrogen-bond donors (Lipinski definition) is 1. The van der Waals surface area contributed by atoms with E-state index in [0.717, 1.165) is 24.9 Å². The molecule has 194 valence electrons. The summed E-state index contributed by atoms with van der Waals surface area (Å²) in [7, 11) is 0. The van der Waals surface area contributed by atoms with E-state index in [1.165, 1.54) is 4.90 Å². The van der Waals surface area contributed by atoms with Gasteiger partial charge in [0.1, 0.15) is 11.2 Å². The highest BCUT2D eigenvalue weighted by Crippen LogP contribution is 2.53. The Morgan fingerprint density at radius 2 is 1.62 bits per heavy atom. The van der Waals surface area contributed by atoms with Gasteiger partial charge in [-0.15, -0.1) is 0 Å². The molecule has 0 unspecified atom stereocenters. The first-order valence-corrected chi connectivity index (χ1v) is 13.3. The van der Waals surface area contributed by atoms with Gasteiger partial charge in [-0.25, -0.2) is 14.5 Å². The number of aromatic amines is 1. The van der Waals surface area contributed by atoms with Gasteiger partial charge in [0.05, 0.1) is 11.4 Å². The fourth-order valence-electron chi connectivity index (χ4n) is 5.21. The van der Waals surface area contributed by atoms with Crippen molar-refractivity contribution in [1.29, 1.82) is 0 Å². The van der Waals surface area contributed by atoms with Gasteiger partial charge in [0.25, 0.3) is 5.91 Å². The molecule has 1 atom stereocenters. The highest BCUT2D eigenvalue weighted by molar-refractivity contribution is 14.1. The zero-order chi connectivity index (χ0) is 26.9. The summed E-state index contributed by atoms with van der Waals surface area (Å²) < 4.78 is 12.3. The number of fused-ring (bicyclic) bond motifs is 6. The number of anilines is 1. The molecule has 8 nitrogen and oxygen atoms in total. The number of rotatable bonds is 0. The molecular weight excluding hydrogens is 585 g/mol. The second kappa shape index (κ2) is 8.47. The number of ether oxygens (including phenoxy) is 2. The number of imide groups is 1. The summed E-state index contributed by atoms with van der Waals surface area (Å²) in [5.74, 6) is -0.572. The molecule has 1 aromatic heterocycles. The number of nitrogens with one attached hydrogen (secondary N) is 1. The minimum Gasteiger partial charge on any atom is -0.444 e. The Labute approximate surface area is 229 Å². The number of amides is 3. The van der Waals surface area contributed by atoms with Crippen molar-refractivity contribution < 1.29 is 23.9 Å². The Hall–Kier alpha value is -3.08. The van der Waals surface area contributed by atoms with E-state index in [9.17, 15) is 14.4 Å². The maximum Gasteiger partial charge on any atom is 0.421 e. The Morgan fingerprint density at radius 3 is 2.30 bits per heavy atom. The SMILES string of the molecule is CC(C)(C)OC(=O)N1C(=O)[C@@]2(c3cc(I)ccc31)c1[nH]c3ccccc3c1CCN2C(=O)OC(C)(C)C. The zero-order valence-electron chi connectivity index (χ0n) is 21.8. The molecule has 3 heterocycles. The van der Waals surface area contributed by atoms with Crippen molar-refractivity contribution >= 4 is 57.3 Å². The van der Waals surface area contributed by atoms with Crippen molar-refractivity contribution in [3.63, 3.8) is 0 Å². The zero-order valence-corrected chi connectivity index (χ0v) is 23.9. The normalized spacial score (nSPS) is 19.3. The Bertz CT molecular complexity index is 1450. The van der Waals surface area contributed by atoms with E-state index in [0.29, 0.717) is 23.4 Å². The minimum atomic E-state index is -1.62. The summed E-state index contributed by atoms with van der Waals surface area (Å²) in [6, 6.07) is 13.2. The van der Waals surface area contributed by atoms with Crippen LogP contribution < -0.4 is 4.90 Å². The van der Waals surface area contributed by atoms with Crippen molar-refractivity contribution in [3.05, 3.63) is 62.9 Å². The number of halogens is 1. The molecule has 1 spiro atoms. The number of benzene rings is 2. The van der Waals surface area contributed by atoms with Gasteiger partial charge in [-0.05, 0) is 100 Å². The molecule has 0 radical (unpaired) electrons. The van der Waals surface area contributed by atoms with Crippen molar-refractivity contribution in [1.82, 2.24) is 9.88 Å². The average Bonchev–Trinajstić information content (AvgIpc) is 3.26. The highest BCUT2D eigenvalue weighted by atomic mass is 127. The molecule has 0 bridgehead atoms. The first kappa shape index (κ1) is 25.6. The van der Waals surface area contributed by atoms with Crippen LogP contribution >= 0.6 is 22.6 Å². The number of nitrogens with zero attached hydrogens (tertiary/aromatic N) is 2. The standard InChI is InChI=1S/C28H30IN3O5/c1-26(2,3)36-24(34)31-14-13-18-17-9-7-8-10-20(17)30-22(18)28(31)19-15-16(29)11-12-21(19)32(23(28)33)25(35)37-27(4,5)6/h7-12,15,30H,13-14H2,1-6H3/t28-/m1/s1. The molecule has 1 N–H and O–H groups in total. The van der Waals surface area contributed by atoms with E-state index in [2.05, 4.69) is 27.6 Å². The van der Waals surface area contributed by atoms with Crippen LogP contribution in [0.2, 0.25) is 0 Å². The summed E-state index contributed by atoms with van der Waals surface area (Å²) >= 11 is 2.18. The van der Waals surface area contributed by atoms with Crippen LogP contribution in [0.5, 0.6) is 0 Å². The quantitative estimate of drug-likeness (QED) is 0.309. The first-order valence-electron chi connectivity index (χ1n) is 12.2. The van der Waals surface area contributed by atoms with Gasteiger partial charge < -0.3 is 14.5 Å². The molecule has 2 aromatic carbocycles. The molecule has 37 heavy (non-hydrogen) atoms. The van der Waals surface area contributed by atoms with E-state index in [1.54, 1.807) is 47.6 Å². The van der Waals surface area contributed by atoms with Crippen LogP contribution in [0.3, 0.4) is 0 Å². The predicted octanol–water partition coefficient (Wildman–Crippen LogP) is 6.09. The largest absolute Gasteiger partial charge is 0.444 e. The summed E-state index contributed by atoms with van der Waals surface area (Å²) in [5.41, 5.74) is 0.0776. The van der Waals surface area contributed by atoms with E-state index < -0.39 is 34.8 Å². The van der Waals surface area contributed by atoms with Crippen LogP contribution in [0.4, 0.5) is 15.3 Å². The number of carbonyl (C=O) groups is 3. The van der Waals surface area contributed by atoms with Crippen molar-refractivity contribution in [2.45, 2.75) is 64.7 Å². The molecule has 0 fully saturated rings. The van der Waals surface area contributed by atoms with Gasteiger partial charge in [0.2, 0.25) is 0 Å². The van der Waals surface area contributed by atoms with Crippen LogP contribution in [0.15, 0.2) is 42.5 Å². The second-order valence-electron chi connectivity index (χ2n) is 11.4. The maximum absolute atomic E-state index is 14.7. The van der Waals surface area contributed by atoms with Gasteiger partial charge in [0.15, 0.2) is 5.54 Å². The Balaban J connectivity index is 1.81. The lowest BCUT2D eigenvalue weighted by atomic mass is 9.80. The minimum absolute atomic E-state index is 0.239. The Morgan fingerprint density at radius 1 is 0.973 bits per heavy atom. The number of aromatic nitrogens is 1. The van der Waals surface area contributed by atoms with E-state index in [-0.39, 0.29) is 6.54 Å². The highest BCUT2D eigenvalue weighted by Gasteiger charge is 2.63. The third kappa shape index (κ3) is 4.07. The van der Waals surface area contributed by atoms with Crippen molar-refractivity contribution in [3.8, 4) is 0 Å². The molecule has 0 saturated heterocycles. The fraction of sp³-hybridized carbons (Fsp3) is 0.393. The van der Waals surface area contributed by atoms with E-state index in [1.807, 2.05) is 36.4 Å². The third-order valence-corrected chi connectivity index (χ3v) is 7.13. The predicted molar refractivity (Wildman–Crippen MR) is 149 cm³/mol. The first-order chi connectivity index (χ1) is 17.2. The maximum atomic E-state index is 14.7. The monoisotopic (exact) mass is 615 g/mol. The van der Waals surface area contributed by atoms with Gasteiger partial charge in [0, 0.05) is 26.6 Å². The molecular formula is C28H30IN3O5. The van der Waals surface area contributed by atoms with Crippen LogP contribution in [0, 0.1) is 3.57 Å². The number of para-hydroxylation sites is 1. The summed E-state index contributed by atoms with van der Waals surface area (Å²) in [6.07, 6.45) is -0.885. The van der Waals surface area contributed by atoms with Gasteiger partial charge in [-0.2, -0.15) is 0 Å². The van der Waals surface area contributed by atoms with Crippen LogP contribution in [-0.2, 0) is 26.2 Å². The van der Waals surface area contributed by atoms with Gasteiger partial charge in [-0.1, -0.05) is 18.2 Å². The number of hydrogen-bond acceptors (Lipinski definition) is 5. The lowest BCUT2D eigenvalue weighted by Gasteiger charge is -2.43. The summed E-state index contributed by atoms with van der Waals surface area (Å²) in [5, 5.41) is 0.983. The molecule has 9 heteroatoms. The van der Waals surface area contributed by atoms with Gasteiger partial charge in [-0.3, -0.25) is 9.69 Å². The number of H-pyrrole nitrogens is 1. The average molecular weight is 615 g/mol. The van der Waals surface area contributed by atoms with Gasteiger partial charge >= 0.3 is 12.2 Å². The second-order valence-corrected chi connectivity index (χ2v) is 12.6. The van der Waals surface area contributed by atoms with Crippen molar-refractivity contribution in [2.24, 2.45) is 0 Å². The lowest BCUT2D eigenvalue weighted by Crippen LogP contribution is -2.60. The topological polar surface area (TPSA) is 91.9 Å². The lowest BCUT2D eigenvalue weighted by molar-refractivity contribution is -0.128. The molecule has 0 saturated carbocycles. The molecule has 3 amide bonds. The number of carbonyl (C=O) groups excluding carboxylic acids is 3. The molecule has 3 aromatic rings. The summed E-state index contributed by atoms with van der Waals surface area (Å²) in [4.78, 5) is 47.8. The Kier molecular flexibility index (Phi) is 5.85. The molecule has 5 rings (SSSR count). The molecule has 2 aliphatic rings. The third-order valence-electron chi connectivity index (χ3n) is 6.46. The molecule has 2 aliphatic heterocycles. The van der Waals surface area contributed by atoms with Crippen LogP contribution in [-0.4, -0.2) is 45.7 Å². The van der Waals surface area contributed by atoms with Crippen LogP contribution in [0.1, 0.15) is 58.4 Å². The summed E-state index contributed by atoms with van der Waals surface area (Å²) in [6.45, 7) is 10.9. The fourth-order valence-corrected chi connectivity index (χ4v) is 5.70.